The summed E-state index contributed by atoms with van der Waals surface area (Å²) in [5.41, 5.74) is 1.12. The molecule has 0 aliphatic rings. The van der Waals surface area contributed by atoms with Gasteiger partial charge in [0.2, 0.25) is 11.8 Å². The first-order valence-corrected chi connectivity index (χ1v) is 12.6. The van der Waals surface area contributed by atoms with E-state index in [-0.39, 0.29) is 12.2 Å². The molecule has 198 valence electrons. The molecule has 1 unspecified atom stereocenters. The Hall–Kier alpha value is -4.27. The molecular weight excluding hydrogens is 485 g/mol. The molecule has 9 heteroatoms. The molecule has 4 aromatic rings. The second kappa shape index (κ2) is 11.4. The van der Waals surface area contributed by atoms with Crippen molar-refractivity contribution in [3.05, 3.63) is 84.2 Å². The molecule has 0 aliphatic carbocycles. The SMILES string of the molecule is CCOc1ccccc1C(C(=O)NC(C)(C)CC)N(C(=O)Cn1nnc2ccccc21)c1ccccc1F. The van der Waals surface area contributed by atoms with Gasteiger partial charge >= 0.3 is 0 Å². The van der Waals surface area contributed by atoms with Gasteiger partial charge in [0.05, 0.1) is 17.8 Å². The molecule has 0 saturated heterocycles. The molecule has 38 heavy (non-hydrogen) atoms. The predicted octanol–water partition coefficient (Wildman–Crippen LogP) is 5.05. The third-order valence-electron chi connectivity index (χ3n) is 6.45. The van der Waals surface area contributed by atoms with Crippen LogP contribution in [0.1, 0.15) is 45.7 Å². The molecule has 4 rings (SSSR count). The second-order valence-electron chi connectivity index (χ2n) is 9.55. The van der Waals surface area contributed by atoms with Crippen molar-refractivity contribution in [2.75, 3.05) is 11.5 Å². The molecular formula is C29H32FN5O3. The summed E-state index contributed by atoms with van der Waals surface area (Å²) in [4.78, 5) is 29.3. The second-order valence-corrected chi connectivity index (χ2v) is 9.55. The summed E-state index contributed by atoms with van der Waals surface area (Å²) in [6, 6.07) is 18.9. The molecule has 0 spiro atoms. The average molecular weight is 518 g/mol. The number of aromatic nitrogens is 3. The van der Waals surface area contributed by atoms with Gasteiger partial charge in [0.15, 0.2) is 0 Å². The molecule has 2 amide bonds. The zero-order chi connectivity index (χ0) is 27.3. The van der Waals surface area contributed by atoms with Crippen molar-refractivity contribution in [3.8, 4) is 5.75 Å². The standard InChI is InChI=1S/C29H32FN5O3/c1-5-29(3,4)31-28(37)27(20-13-7-12-18-25(20)38-6-2)35(23-16-10-8-14-21(23)30)26(36)19-34-24-17-11-9-15-22(24)32-33-34/h7-18,27H,5-6,19H2,1-4H3,(H,31,37). The van der Waals surface area contributed by atoms with Crippen LogP contribution in [0.2, 0.25) is 0 Å². The fourth-order valence-corrected chi connectivity index (χ4v) is 4.18. The van der Waals surface area contributed by atoms with Crippen LogP contribution in [0.3, 0.4) is 0 Å². The van der Waals surface area contributed by atoms with Gasteiger partial charge in [-0.25, -0.2) is 9.07 Å². The topological polar surface area (TPSA) is 89.4 Å². The smallest absolute Gasteiger partial charge is 0.249 e. The molecule has 1 aromatic heterocycles. The minimum absolute atomic E-state index is 0.0253. The van der Waals surface area contributed by atoms with Crippen LogP contribution >= 0.6 is 0 Å². The van der Waals surface area contributed by atoms with Crippen molar-refractivity contribution in [2.45, 2.75) is 52.2 Å². The Balaban J connectivity index is 1.88. The lowest BCUT2D eigenvalue weighted by molar-refractivity contribution is -0.128. The van der Waals surface area contributed by atoms with E-state index in [9.17, 15) is 9.59 Å². The number of carbonyl (C=O) groups is 2. The summed E-state index contributed by atoms with van der Waals surface area (Å²) in [6.07, 6.45) is 0.650. The van der Waals surface area contributed by atoms with E-state index in [0.717, 1.165) is 0 Å². The monoisotopic (exact) mass is 517 g/mol. The van der Waals surface area contributed by atoms with E-state index < -0.39 is 29.2 Å². The van der Waals surface area contributed by atoms with E-state index in [1.165, 1.54) is 27.8 Å². The van der Waals surface area contributed by atoms with E-state index in [2.05, 4.69) is 15.6 Å². The molecule has 0 fully saturated rings. The number of para-hydroxylation sites is 3. The summed E-state index contributed by atoms with van der Waals surface area (Å²) in [5.74, 6) is -1.19. The van der Waals surface area contributed by atoms with Crippen molar-refractivity contribution in [1.82, 2.24) is 20.3 Å². The van der Waals surface area contributed by atoms with Crippen LogP contribution < -0.4 is 15.0 Å². The summed E-state index contributed by atoms with van der Waals surface area (Å²) in [6.45, 7) is 7.68. The Morgan fingerprint density at radius 2 is 1.71 bits per heavy atom. The van der Waals surface area contributed by atoms with Gasteiger partial charge in [0, 0.05) is 11.1 Å². The quantitative estimate of drug-likeness (QED) is 0.318. The van der Waals surface area contributed by atoms with Gasteiger partial charge in [-0.15, -0.1) is 5.10 Å². The van der Waals surface area contributed by atoms with E-state index in [1.807, 2.05) is 39.8 Å². The molecule has 0 aliphatic heterocycles. The van der Waals surface area contributed by atoms with Crippen LogP contribution in [0.5, 0.6) is 5.75 Å². The summed E-state index contributed by atoms with van der Waals surface area (Å²) in [5, 5.41) is 11.3. The molecule has 1 atom stereocenters. The third kappa shape index (κ3) is 5.66. The number of benzene rings is 3. The van der Waals surface area contributed by atoms with Crippen molar-refractivity contribution >= 4 is 28.5 Å². The molecule has 8 nitrogen and oxygen atoms in total. The van der Waals surface area contributed by atoms with E-state index >= 15 is 4.39 Å². The lowest BCUT2D eigenvalue weighted by atomic mass is 9.97. The van der Waals surface area contributed by atoms with E-state index in [1.54, 1.807) is 42.5 Å². The van der Waals surface area contributed by atoms with Gasteiger partial charge < -0.3 is 10.1 Å². The largest absolute Gasteiger partial charge is 0.493 e. The van der Waals surface area contributed by atoms with E-state index in [4.69, 9.17) is 4.74 Å². The van der Waals surface area contributed by atoms with Crippen molar-refractivity contribution in [2.24, 2.45) is 0 Å². The Kier molecular flexibility index (Phi) is 8.05. The molecule has 0 saturated carbocycles. The lowest BCUT2D eigenvalue weighted by Gasteiger charge is -2.35. The molecule has 1 N–H and O–H groups in total. The fraction of sp³-hybridized carbons (Fsp3) is 0.310. The number of amides is 2. The van der Waals surface area contributed by atoms with Crippen molar-refractivity contribution < 1.29 is 18.7 Å². The summed E-state index contributed by atoms with van der Waals surface area (Å²) >= 11 is 0. The number of hydrogen-bond donors (Lipinski definition) is 1. The van der Waals surface area contributed by atoms with Crippen LogP contribution in [0.25, 0.3) is 11.0 Å². The van der Waals surface area contributed by atoms with Gasteiger partial charge in [-0.1, -0.05) is 54.6 Å². The summed E-state index contributed by atoms with van der Waals surface area (Å²) < 4.78 is 22.6. The maximum atomic E-state index is 15.3. The zero-order valence-corrected chi connectivity index (χ0v) is 22.0. The molecule has 0 bridgehead atoms. The van der Waals surface area contributed by atoms with Crippen molar-refractivity contribution in [1.29, 1.82) is 0 Å². The number of nitrogens with one attached hydrogen (secondary N) is 1. The van der Waals surface area contributed by atoms with Crippen LogP contribution in [0.4, 0.5) is 10.1 Å². The minimum atomic E-state index is -1.22. The Morgan fingerprint density at radius 1 is 1.03 bits per heavy atom. The highest BCUT2D eigenvalue weighted by atomic mass is 19.1. The Labute approximate surface area is 221 Å². The van der Waals surface area contributed by atoms with Gasteiger partial charge in [-0.05, 0) is 57.5 Å². The van der Waals surface area contributed by atoms with Crippen LogP contribution in [0.15, 0.2) is 72.8 Å². The Morgan fingerprint density at radius 3 is 2.45 bits per heavy atom. The first kappa shape index (κ1) is 26.8. The van der Waals surface area contributed by atoms with Crippen molar-refractivity contribution in [3.63, 3.8) is 0 Å². The first-order chi connectivity index (χ1) is 18.3. The van der Waals surface area contributed by atoms with Gasteiger partial charge in [0.25, 0.3) is 0 Å². The molecule has 1 heterocycles. The van der Waals surface area contributed by atoms with Crippen LogP contribution in [-0.4, -0.2) is 39.0 Å². The number of anilines is 1. The normalized spacial score (nSPS) is 12.2. The highest BCUT2D eigenvalue weighted by Crippen LogP contribution is 2.35. The van der Waals surface area contributed by atoms with Crippen LogP contribution in [-0.2, 0) is 16.1 Å². The number of halogens is 1. The summed E-state index contributed by atoms with van der Waals surface area (Å²) in [7, 11) is 0. The van der Waals surface area contributed by atoms with Crippen LogP contribution in [0, 0.1) is 5.82 Å². The number of ether oxygens (including phenoxy) is 1. The zero-order valence-electron chi connectivity index (χ0n) is 22.0. The maximum Gasteiger partial charge on any atom is 0.249 e. The maximum absolute atomic E-state index is 15.3. The van der Waals surface area contributed by atoms with Gasteiger partial charge in [0.1, 0.15) is 29.7 Å². The predicted molar refractivity (Wildman–Crippen MR) is 144 cm³/mol. The number of carbonyl (C=O) groups excluding carboxylic acids is 2. The number of nitrogens with zero attached hydrogens (tertiary/aromatic N) is 4. The fourth-order valence-electron chi connectivity index (χ4n) is 4.18. The Bertz CT molecular complexity index is 1430. The average Bonchev–Trinajstić information content (AvgIpc) is 3.31. The molecule has 3 aromatic carbocycles. The van der Waals surface area contributed by atoms with Gasteiger partial charge in [-0.3, -0.25) is 14.5 Å². The van der Waals surface area contributed by atoms with E-state index in [0.29, 0.717) is 35.4 Å². The number of fused-ring (bicyclic) bond motifs is 1. The number of rotatable bonds is 10. The third-order valence-corrected chi connectivity index (χ3v) is 6.45. The highest BCUT2D eigenvalue weighted by molar-refractivity contribution is 6.02. The number of hydrogen-bond acceptors (Lipinski definition) is 5. The molecule has 0 radical (unpaired) electrons. The van der Waals surface area contributed by atoms with Gasteiger partial charge in [-0.2, -0.15) is 0 Å². The highest BCUT2D eigenvalue weighted by Gasteiger charge is 2.38. The lowest BCUT2D eigenvalue weighted by Crippen LogP contribution is -2.51. The minimum Gasteiger partial charge on any atom is -0.493 e. The first-order valence-electron chi connectivity index (χ1n) is 12.6.